The molecule has 0 spiro atoms. The van der Waals surface area contributed by atoms with Crippen LogP contribution in [0.5, 0.6) is 0 Å². The fraction of sp³-hybridized carbons (Fsp3) is 0.286. The molecule has 1 aliphatic rings. The highest BCUT2D eigenvalue weighted by Crippen LogP contribution is 2.32. The first-order chi connectivity index (χ1) is 9.35. The van der Waals surface area contributed by atoms with E-state index in [1.165, 1.54) is 28.6 Å². The molecule has 0 radical (unpaired) electrons. The van der Waals surface area contributed by atoms with Gasteiger partial charge in [0.15, 0.2) is 0 Å². The number of H-pyrrole nitrogens is 1. The number of aryl methyl sites for hydroxylation is 2. The second kappa shape index (κ2) is 3.93. The van der Waals surface area contributed by atoms with E-state index in [0.29, 0.717) is 11.7 Å². The van der Waals surface area contributed by atoms with Crippen LogP contribution in [0.15, 0.2) is 22.7 Å². The number of hydrogen-bond acceptors (Lipinski definition) is 4. The summed E-state index contributed by atoms with van der Waals surface area (Å²) in [5, 5.41) is 5.25. The van der Waals surface area contributed by atoms with E-state index in [1.807, 2.05) is 6.07 Å². The van der Waals surface area contributed by atoms with Gasteiger partial charge in [-0.15, -0.1) is 0 Å². The zero-order valence-electron chi connectivity index (χ0n) is 10.4. The molecule has 3 N–H and O–H groups in total. The number of aromatic nitrogens is 3. The molecule has 2 heterocycles. The number of rotatable bonds is 2. The van der Waals surface area contributed by atoms with Crippen molar-refractivity contribution in [2.75, 3.05) is 0 Å². The van der Waals surface area contributed by atoms with Gasteiger partial charge in [0.05, 0.1) is 6.54 Å². The van der Waals surface area contributed by atoms with Gasteiger partial charge < -0.3 is 15.2 Å². The molecule has 96 valence electrons. The fourth-order valence-corrected chi connectivity index (χ4v) is 2.84. The van der Waals surface area contributed by atoms with Crippen LogP contribution in [-0.2, 0) is 19.4 Å². The Morgan fingerprint density at radius 2 is 2.26 bits per heavy atom. The SMILES string of the molecule is NCc1nc(-c2ccc3[nH]c4c(c3c2)CCC4)no1. The number of aromatic amines is 1. The first-order valence-electron chi connectivity index (χ1n) is 6.51. The van der Waals surface area contributed by atoms with E-state index in [0.717, 1.165) is 18.4 Å². The van der Waals surface area contributed by atoms with E-state index in [2.05, 4.69) is 27.3 Å². The molecule has 5 nitrogen and oxygen atoms in total. The van der Waals surface area contributed by atoms with E-state index in [1.54, 1.807) is 0 Å². The minimum atomic E-state index is 0.273. The summed E-state index contributed by atoms with van der Waals surface area (Å²) in [6, 6.07) is 6.24. The van der Waals surface area contributed by atoms with Gasteiger partial charge in [-0.3, -0.25) is 0 Å². The number of nitrogens with two attached hydrogens (primary N) is 1. The molecular formula is C14H14N4O. The lowest BCUT2D eigenvalue weighted by Gasteiger charge is -1.97. The first-order valence-corrected chi connectivity index (χ1v) is 6.51. The molecular weight excluding hydrogens is 240 g/mol. The van der Waals surface area contributed by atoms with Crippen LogP contribution in [0.4, 0.5) is 0 Å². The standard InChI is InChI=1S/C14H14N4O/c15-7-13-17-14(18-19-13)8-4-5-12-10(6-8)9-2-1-3-11(9)16-12/h4-6,16H,1-3,7,15H2. The zero-order valence-corrected chi connectivity index (χ0v) is 10.4. The van der Waals surface area contributed by atoms with Crippen molar-refractivity contribution in [3.63, 3.8) is 0 Å². The molecule has 0 bridgehead atoms. The first kappa shape index (κ1) is 10.8. The summed E-state index contributed by atoms with van der Waals surface area (Å²) in [6.45, 7) is 0.273. The molecule has 3 aromatic rings. The molecule has 0 saturated heterocycles. The van der Waals surface area contributed by atoms with Crippen molar-refractivity contribution in [3.05, 3.63) is 35.3 Å². The Balaban J connectivity index is 1.86. The monoisotopic (exact) mass is 254 g/mol. The highest BCUT2D eigenvalue weighted by molar-refractivity contribution is 5.88. The van der Waals surface area contributed by atoms with Gasteiger partial charge in [0.1, 0.15) is 0 Å². The average molecular weight is 254 g/mol. The van der Waals surface area contributed by atoms with Crippen molar-refractivity contribution >= 4 is 10.9 Å². The predicted molar refractivity (Wildman–Crippen MR) is 71.5 cm³/mol. The van der Waals surface area contributed by atoms with E-state index in [9.17, 15) is 0 Å². The van der Waals surface area contributed by atoms with Crippen LogP contribution in [0, 0.1) is 0 Å². The van der Waals surface area contributed by atoms with Crippen LogP contribution < -0.4 is 5.73 Å². The minimum Gasteiger partial charge on any atom is -0.358 e. The van der Waals surface area contributed by atoms with Gasteiger partial charge in [0.2, 0.25) is 11.7 Å². The van der Waals surface area contributed by atoms with Gasteiger partial charge in [-0.25, -0.2) is 0 Å². The third kappa shape index (κ3) is 1.58. The van der Waals surface area contributed by atoms with Crippen LogP contribution in [0.25, 0.3) is 22.3 Å². The molecule has 5 heteroatoms. The van der Waals surface area contributed by atoms with Crippen molar-refractivity contribution in [2.45, 2.75) is 25.8 Å². The zero-order chi connectivity index (χ0) is 12.8. The molecule has 0 atom stereocenters. The van der Waals surface area contributed by atoms with Gasteiger partial charge in [-0.1, -0.05) is 5.16 Å². The fourth-order valence-electron chi connectivity index (χ4n) is 2.84. The van der Waals surface area contributed by atoms with Crippen molar-refractivity contribution in [1.82, 2.24) is 15.1 Å². The second-order valence-corrected chi connectivity index (χ2v) is 4.91. The van der Waals surface area contributed by atoms with E-state index in [4.69, 9.17) is 10.3 Å². The normalized spacial score (nSPS) is 14.2. The number of hydrogen-bond donors (Lipinski definition) is 2. The van der Waals surface area contributed by atoms with Gasteiger partial charge in [-0.2, -0.15) is 4.98 Å². The highest BCUT2D eigenvalue weighted by Gasteiger charge is 2.17. The van der Waals surface area contributed by atoms with Gasteiger partial charge in [0, 0.05) is 22.2 Å². The van der Waals surface area contributed by atoms with Crippen molar-refractivity contribution in [1.29, 1.82) is 0 Å². The Kier molecular flexibility index (Phi) is 2.22. The molecule has 19 heavy (non-hydrogen) atoms. The molecule has 0 fully saturated rings. The van der Waals surface area contributed by atoms with E-state index < -0.39 is 0 Å². The van der Waals surface area contributed by atoms with Crippen molar-refractivity contribution in [2.24, 2.45) is 5.73 Å². The summed E-state index contributed by atoms with van der Waals surface area (Å²) in [5.74, 6) is 1.07. The molecule has 4 rings (SSSR count). The second-order valence-electron chi connectivity index (χ2n) is 4.91. The lowest BCUT2D eigenvalue weighted by molar-refractivity contribution is 0.380. The van der Waals surface area contributed by atoms with Crippen LogP contribution in [0.1, 0.15) is 23.6 Å². The van der Waals surface area contributed by atoms with E-state index in [-0.39, 0.29) is 6.54 Å². The molecule has 0 saturated carbocycles. The molecule has 2 aromatic heterocycles. The Hall–Kier alpha value is -2.14. The van der Waals surface area contributed by atoms with Crippen LogP contribution in [0.3, 0.4) is 0 Å². The summed E-state index contributed by atoms with van der Waals surface area (Å²) < 4.78 is 5.06. The number of nitrogens with one attached hydrogen (secondary N) is 1. The maximum Gasteiger partial charge on any atom is 0.240 e. The topological polar surface area (TPSA) is 80.7 Å². The molecule has 1 aliphatic carbocycles. The van der Waals surface area contributed by atoms with Gasteiger partial charge >= 0.3 is 0 Å². The Labute approximate surface area is 109 Å². The number of benzene rings is 1. The maximum absolute atomic E-state index is 5.49. The number of nitrogens with zero attached hydrogens (tertiary/aromatic N) is 2. The van der Waals surface area contributed by atoms with Crippen LogP contribution in [0.2, 0.25) is 0 Å². The van der Waals surface area contributed by atoms with Gasteiger partial charge in [-0.05, 0) is 43.0 Å². The molecule has 1 aromatic carbocycles. The molecule has 0 aliphatic heterocycles. The highest BCUT2D eigenvalue weighted by atomic mass is 16.5. The maximum atomic E-state index is 5.49. The quantitative estimate of drug-likeness (QED) is 0.734. The minimum absolute atomic E-state index is 0.273. The summed E-state index contributed by atoms with van der Waals surface area (Å²) in [4.78, 5) is 7.76. The largest absolute Gasteiger partial charge is 0.358 e. The lowest BCUT2D eigenvalue weighted by atomic mass is 10.1. The Bertz CT molecular complexity index is 756. The van der Waals surface area contributed by atoms with Gasteiger partial charge in [0.25, 0.3) is 0 Å². The average Bonchev–Trinajstić information content (AvgIpc) is 3.13. The van der Waals surface area contributed by atoms with Crippen LogP contribution in [-0.4, -0.2) is 15.1 Å². The third-order valence-corrected chi connectivity index (χ3v) is 3.75. The van der Waals surface area contributed by atoms with Crippen LogP contribution >= 0.6 is 0 Å². The lowest BCUT2D eigenvalue weighted by Crippen LogP contribution is -1.95. The predicted octanol–water partition coefficient (Wildman–Crippen LogP) is 2.17. The molecule has 0 unspecified atom stereocenters. The Morgan fingerprint density at radius 1 is 1.32 bits per heavy atom. The summed E-state index contributed by atoms with van der Waals surface area (Å²) in [5.41, 5.74) is 10.5. The third-order valence-electron chi connectivity index (χ3n) is 3.75. The Morgan fingerprint density at radius 3 is 3.11 bits per heavy atom. The smallest absolute Gasteiger partial charge is 0.240 e. The summed E-state index contributed by atoms with van der Waals surface area (Å²) >= 11 is 0. The summed E-state index contributed by atoms with van der Waals surface area (Å²) in [7, 11) is 0. The van der Waals surface area contributed by atoms with Crippen molar-refractivity contribution < 1.29 is 4.52 Å². The summed E-state index contributed by atoms with van der Waals surface area (Å²) in [6.07, 6.45) is 3.54. The van der Waals surface area contributed by atoms with Crippen molar-refractivity contribution in [3.8, 4) is 11.4 Å². The van der Waals surface area contributed by atoms with E-state index >= 15 is 0 Å². The molecule has 0 amide bonds. The number of fused-ring (bicyclic) bond motifs is 3.